The fourth-order valence-corrected chi connectivity index (χ4v) is 2.06. The molecule has 6 heteroatoms. The molecule has 0 aromatic carbocycles. The minimum atomic E-state index is -0.184. The third-order valence-electron chi connectivity index (χ3n) is 3.11. The molecule has 104 valence electrons. The van der Waals surface area contributed by atoms with Gasteiger partial charge < -0.3 is 15.0 Å². The summed E-state index contributed by atoms with van der Waals surface area (Å²) in [6.07, 6.45) is 6.41. The number of nitrogens with one attached hydrogen (secondary N) is 1. The fraction of sp³-hybridized carbons (Fsp3) is 0.615. The second-order valence-electron chi connectivity index (χ2n) is 4.56. The van der Waals surface area contributed by atoms with Gasteiger partial charge in [-0.05, 0) is 19.3 Å². The molecule has 1 amide bonds. The lowest BCUT2D eigenvalue weighted by atomic mass is 10.4. The highest BCUT2D eigenvalue weighted by molar-refractivity contribution is 5.91. The number of nitrogens with zero attached hydrogens (tertiary/aromatic N) is 3. The van der Waals surface area contributed by atoms with Gasteiger partial charge in [-0.3, -0.25) is 4.79 Å². The summed E-state index contributed by atoms with van der Waals surface area (Å²) in [5.74, 6) is 0.671. The van der Waals surface area contributed by atoms with E-state index in [1.165, 1.54) is 12.8 Å². The Labute approximate surface area is 113 Å². The standard InChI is InChI=1S/C13H20N4O2/c1-19-8-4-5-14-13(18)11-9-16-12(10-15-11)17-6-2-3-7-17/h9-10H,2-8H2,1H3,(H,14,18). The first-order valence-electron chi connectivity index (χ1n) is 6.65. The molecule has 1 saturated heterocycles. The minimum absolute atomic E-state index is 0.184. The second kappa shape index (κ2) is 7.04. The number of carbonyl (C=O) groups excluding carboxylic acids is 1. The van der Waals surface area contributed by atoms with Crippen molar-refractivity contribution in [1.29, 1.82) is 0 Å². The van der Waals surface area contributed by atoms with Crippen molar-refractivity contribution >= 4 is 11.7 Å². The van der Waals surface area contributed by atoms with Crippen LogP contribution in [0.4, 0.5) is 5.82 Å². The minimum Gasteiger partial charge on any atom is -0.385 e. The van der Waals surface area contributed by atoms with Crippen LogP contribution in [0.2, 0.25) is 0 Å². The average molecular weight is 264 g/mol. The zero-order chi connectivity index (χ0) is 13.5. The molecule has 1 N–H and O–H groups in total. The Bertz CT molecular complexity index is 402. The number of methoxy groups -OCH3 is 1. The van der Waals surface area contributed by atoms with E-state index in [4.69, 9.17) is 4.74 Å². The van der Waals surface area contributed by atoms with Crippen molar-refractivity contribution < 1.29 is 9.53 Å². The molecule has 0 atom stereocenters. The molecular weight excluding hydrogens is 244 g/mol. The molecule has 19 heavy (non-hydrogen) atoms. The summed E-state index contributed by atoms with van der Waals surface area (Å²) in [6.45, 7) is 3.27. The molecular formula is C13H20N4O2. The van der Waals surface area contributed by atoms with E-state index in [1.54, 1.807) is 19.5 Å². The number of rotatable bonds is 6. The van der Waals surface area contributed by atoms with E-state index in [9.17, 15) is 4.79 Å². The van der Waals surface area contributed by atoms with Crippen LogP contribution in [0, 0.1) is 0 Å². The number of hydrogen-bond donors (Lipinski definition) is 1. The summed E-state index contributed by atoms with van der Waals surface area (Å²) >= 11 is 0. The molecule has 1 aliphatic heterocycles. The van der Waals surface area contributed by atoms with Crippen molar-refractivity contribution in [2.45, 2.75) is 19.3 Å². The van der Waals surface area contributed by atoms with Gasteiger partial charge in [0, 0.05) is 33.4 Å². The smallest absolute Gasteiger partial charge is 0.271 e. The van der Waals surface area contributed by atoms with Gasteiger partial charge in [0.2, 0.25) is 0 Å². The predicted octanol–water partition coefficient (Wildman–Crippen LogP) is 0.843. The quantitative estimate of drug-likeness (QED) is 0.771. The van der Waals surface area contributed by atoms with E-state index in [1.807, 2.05) is 0 Å². The van der Waals surface area contributed by atoms with Gasteiger partial charge in [0.1, 0.15) is 11.5 Å². The highest BCUT2D eigenvalue weighted by Crippen LogP contribution is 2.16. The highest BCUT2D eigenvalue weighted by Gasteiger charge is 2.14. The molecule has 0 spiro atoms. The summed E-state index contributed by atoms with van der Waals surface area (Å²) in [4.78, 5) is 22.4. The summed E-state index contributed by atoms with van der Waals surface area (Å²) in [5, 5.41) is 2.79. The molecule has 1 aliphatic rings. The van der Waals surface area contributed by atoms with Crippen molar-refractivity contribution in [3.8, 4) is 0 Å². The van der Waals surface area contributed by atoms with E-state index >= 15 is 0 Å². The van der Waals surface area contributed by atoms with E-state index in [0.29, 0.717) is 18.8 Å². The molecule has 0 unspecified atom stereocenters. The Morgan fingerprint density at radius 1 is 1.37 bits per heavy atom. The number of aromatic nitrogens is 2. The van der Waals surface area contributed by atoms with Gasteiger partial charge in [0.25, 0.3) is 5.91 Å². The van der Waals surface area contributed by atoms with Crippen LogP contribution in [-0.2, 0) is 4.74 Å². The summed E-state index contributed by atoms with van der Waals surface area (Å²) in [5.41, 5.74) is 0.361. The molecule has 0 saturated carbocycles. The monoisotopic (exact) mass is 264 g/mol. The maximum Gasteiger partial charge on any atom is 0.271 e. The zero-order valence-corrected chi connectivity index (χ0v) is 11.3. The van der Waals surface area contributed by atoms with E-state index in [0.717, 1.165) is 25.3 Å². The molecule has 0 radical (unpaired) electrons. The van der Waals surface area contributed by atoms with Crippen molar-refractivity contribution in [2.75, 3.05) is 38.3 Å². The van der Waals surface area contributed by atoms with E-state index in [2.05, 4.69) is 20.2 Å². The van der Waals surface area contributed by atoms with E-state index < -0.39 is 0 Å². The molecule has 0 bridgehead atoms. The Hall–Kier alpha value is -1.69. The number of anilines is 1. The first kappa shape index (κ1) is 13.7. The Balaban J connectivity index is 1.85. The lowest BCUT2D eigenvalue weighted by Crippen LogP contribution is -2.26. The van der Waals surface area contributed by atoms with Crippen LogP contribution in [-0.4, -0.2) is 49.2 Å². The average Bonchev–Trinajstić information content (AvgIpc) is 2.98. The zero-order valence-electron chi connectivity index (χ0n) is 11.3. The molecule has 2 heterocycles. The topological polar surface area (TPSA) is 67.3 Å². The first-order valence-corrected chi connectivity index (χ1v) is 6.65. The van der Waals surface area contributed by atoms with Crippen molar-refractivity contribution in [3.63, 3.8) is 0 Å². The highest BCUT2D eigenvalue weighted by atomic mass is 16.5. The van der Waals surface area contributed by atoms with Crippen molar-refractivity contribution in [2.24, 2.45) is 0 Å². The van der Waals surface area contributed by atoms with Gasteiger partial charge in [-0.25, -0.2) is 9.97 Å². The van der Waals surface area contributed by atoms with Gasteiger partial charge >= 0.3 is 0 Å². The number of amides is 1. The molecule has 1 fully saturated rings. The number of hydrogen-bond acceptors (Lipinski definition) is 5. The van der Waals surface area contributed by atoms with Crippen molar-refractivity contribution in [3.05, 3.63) is 18.1 Å². The largest absolute Gasteiger partial charge is 0.385 e. The fourth-order valence-electron chi connectivity index (χ4n) is 2.06. The van der Waals surface area contributed by atoms with Crippen LogP contribution in [0.5, 0.6) is 0 Å². The number of ether oxygens (including phenoxy) is 1. The molecule has 6 nitrogen and oxygen atoms in total. The van der Waals surface area contributed by atoms with Crippen LogP contribution in [0.3, 0.4) is 0 Å². The van der Waals surface area contributed by atoms with Gasteiger partial charge in [-0.15, -0.1) is 0 Å². The molecule has 1 aromatic heterocycles. The second-order valence-corrected chi connectivity index (χ2v) is 4.56. The SMILES string of the molecule is COCCCNC(=O)c1cnc(N2CCCC2)cn1. The van der Waals surface area contributed by atoms with Crippen LogP contribution in [0.1, 0.15) is 29.8 Å². The van der Waals surface area contributed by atoms with Crippen LogP contribution in [0.25, 0.3) is 0 Å². The van der Waals surface area contributed by atoms with Crippen LogP contribution < -0.4 is 10.2 Å². The van der Waals surface area contributed by atoms with Gasteiger partial charge in [0.05, 0.1) is 12.4 Å². The van der Waals surface area contributed by atoms with Gasteiger partial charge in [-0.1, -0.05) is 0 Å². The lowest BCUT2D eigenvalue weighted by Gasteiger charge is -2.15. The van der Waals surface area contributed by atoms with Crippen LogP contribution >= 0.6 is 0 Å². The van der Waals surface area contributed by atoms with Gasteiger partial charge in [0.15, 0.2) is 0 Å². The van der Waals surface area contributed by atoms with E-state index in [-0.39, 0.29) is 5.91 Å². The Morgan fingerprint density at radius 2 is 2.16 bits per heavy atom. The first-order chi connectivity index (χ1) is 9.31. The predicted molar refractivity (Wildman–Crippen MR) is 72.3 cm³/mol. The van der Waals surface area contributed by atoms with Crippen LogP contribution in [0.15, 0.2) is 12.4 Å². The summed E-state index contributed by atoms with van der Waals surface area (Å²) < 4.78 is 4.92. The normalized spacial score (nSPS) is 14.7. The van der Waals surface area contributed by atoms with Gasteiger partial charge in [-0.2, -0.15) is 0 Å². The Kier molecular flexibility index (Phi) is 5.09. The molecule has 0 aliphatic carbocycles. The third-order valence-corrected chi connectivity index (χ3v) is 3.11. The lowest BCUT2D eigenvalue weighted by molar-refractivity contribution is 0.0943. The molecule has 2 rings (SSSR count). The summed E-state index contributed by atoms with van der Waals surface area (Å²) in [7, 11) is 1.64. The summed E-state index contributed by atoms with van der Waals surface area (Å²) in [6, 6.07) is 0. The number of carbonyl (C=O) groups is 1. The Morgan fingerprint density at radius 3 is 2.79 bits per heavy atom. The maximum absolute atomic E-state index is 11.8. The van der Waals surface area contributed by atoms with Crippen molar-refractivity contribution in [1.82, 2.24) is 15.3 Å². The third kappa shape index (κ3) is 3.89. The maximum atomic E-state index is 11.8. The molecule has 1 aromatic rings.